The number of fused-ring (bicyclic) bond motifs is 1. The molecule has 1 aliphatic heterocycles. The van der Waals surface area contributed by atoms with Gasteiger partial charge in [0.25, 0.3) is 5.91 Å². The molecule has 0 aromatic carbocycles. The van der Waals surface area contributed by atoms with Crippen LogP contribution in [0.25, 0.3) is 11.0 Å². The van der Waals surface area contributed by atoms with E-state index >= 15 is 0 Å². The van der Waals surface area contributed by atoms with Gasteiger partial charge in [-0.15, -0.1) is 0 Å². The van der Waals surface area contributed by atoms with E-state index in [9.17, 15) is 9.59 Å². The summed E-state index contributed by atoms with van der Waals surface area (Å²) in [6.07, 6.45) is 6.53. The number of rotatable bonds is 4. The molecule has 150 valence electrons. The standard InChI is InChI=1S/C22H24N4O3/c1-3-25-14-19(20(27)18-7-6-15(2)24-21(18)25)22(28)26-11-8-16(9-12-26)29-17-5-4-10-23-13-17/h4-7,10,13-14,16H,3,8-9,11-12H2,1-2H3. The molecule has 1 aliphatic rings. The van der Waals surface area contributed by atoms with Crippen LogP contribution in [0, 0.1) is 6.92 Å². The molecule has 1 fully saturated rings. The third-order valence-electron chi connectivity index (χ3n) is 5.30. The Morgan fingerprint density at radius 2 is 2.03 bits per heavy atom. The molecule has 0 unspecified atom stereocenters. The molecule has 0 radical (unpaired) electrons. The first kappa shape index (κ1) is 19.1. The van der Waals surface area contributed by atoms with Crippen LogP contribution in [-0.2, 0) is 6.54 Å². The maximum absolute atomic E-state index is 13.1. The lowest BCUT2D eigenvalue weighted by Crippen LogP contribution is -2.43. The second-order valence-electron chi connectivity index (χ2n) is 7.28. The lowest BCUT2D eigenvalue weighted by Gasteiger charge is -2.32. The molecule has 0 aliphatic carbocycles. The molecule has 0 bridgehead atoms. The first-order chi connectivity index (χ1) is 14.1. The predicted molar refractivity (Wildman–Crippen MR) is 110 cm³/mol. The van der Waals surface area contributed by atoms with E-state index in [0.717, 1.165) is 24.3 Å². The number of amides is 1. The number of aromatic nitrogens is 3. The second-order valence-corrected chi connectivity index (χ2v) is 7.28. The number of aryl methyl sites for hydroxylation is 2. The van der Waals surface area contributed by atoms with E-state index in [1.165, 1.54) is 0 Å². The fourth-order valence-electron chi connectivity index (χ4n) is 3.71. The van der Waals surface area contributed by atoms with Crippen molar-refractivity contribution in [3.63, 3.8) is 0 Å². The molecule has 1 saturated heterocycles. The summed E-state index contributed by atoms with van der Waals surface area (Å²) in [5, 5.41) is 0.484. The van der Waals surface area contributed by atoms with E-state index in [2.05, 4.69) is 9.97 Å². The van der Waals surface area contributed by atoms with Gasteiger partial charge in [0.1, 0.15) is 23.1 Å². The van der Waals surface area contributed by atoms with Crippen LogP contribution in [0.4, 0.5) is 0 Å². The molecule has 0 spiro atoms. The highest BCUT2D eigenvalue weighted by molar-refractivity contribution is 5.97. The molecule has 0 saturated carbocycles. The summed E-state index contributed by atoms with van der Waals surface area (Å²) in [6, 6.07) is 7.28. The summed E-state index contributed by atoms with van der Waals surface area (Å²) in [6.45, 7) is 5.61. The first-order valence-corrected chi connectivity index (χ1v) is 9.93. The minimum atomic E-state index is -0.254. The van der Waals surface area contributed by atoms with Gasteiger partial charge in [0.15, 0.2) is 0 Å². The Hall–Kier alpha value is -3.22. The van der Waals surface area contributed by atoms with E-state index in [-0.39, 0.29) is 23.0 Å². The smallest absolute Gasteiger partial charge is 0.259 e. The average Bonchev–Trinajstić information content (AvgIpc) is 2.75. The maximum atomic E-state index is 13.1. The van der Waals surface area contributed by atoms with Crippen LogP contribution in [0.5, 0.6) is 5.75 Å². The van der Waals surface area contributed by atoms with Crippen molar-refractivity contribution in [2.75, 3.05) is 13.1 Å². The average molecular weight is 392 g/mol. The summed E-state index contributed by atoms with van der Waals surface area (Å²) in [7, 11) is 0. The zero-order valence-electron chi connectivity index (χ0n) is 16.7. The quantitative estimate of drug-likeness (QED) is 0.682. The summed E-state index contributed by atoms with van der Waals surface area (Å²) in [5.41, 5.74) is 1.42. The third kappa shape index (κ3) is 3.85. The molecule has 1 amide bonds. The van der Waals surface area contributed by atoms with Gasteiger partial charge in [-0.1, -0.05) is 0 Å². The Morgan fingerprint density at radius 1 is 1.24 bits per heavy atom. The molecule has 0 atom stereocenters. The minimum absolute atomic E-state index is 0.0410. The molecule has 0 N–H and O–H groups in total. The fraction of sp³-hybridized carbons (Fsp3) is 0.364. The number of carbonyl (C=O) groups excluding carboxylic acids is 1. The molecule has 3 aromatic heterocycles. The molecule has 3 aromatic rings. The normalized spacial score (nSPS) is 14.9. The van der Waals surface area contributed by atoms with Crippen LogP contribution in [-0.4, -0.2) is 44.5 Å². The Morgan fingerprint density at radius 3 is 2.72 bits per heavy atom. The number of nitrogens with zero attached hydrogens (tertiary/aromatic N) is 4. The number of pyridine rings is 3. The topological polar surface area (TPSA) is 77.3 Å². The van der Waals surface area contributed by atoms with Crippen LogP contribution in [0.1, 0.15) is 35.8 Å². The maximum Gasteiger partial charge on any atom is 0.259 e. The molecular weight excluding hydrogens is 368 g/mol. The molecule has 29 heavy (non-hydrogen) atoms. The van der Waals surface area contributed by atoms with Gasteiger partial charge < -0.3 is 14.2 Å². The summed E-state index contributed by atoms with van der Waals surface area (Å²) >= 11 is 0. The molecular formula is C22H24N4O3. The summed E-state index contributed by atoms with van der Waals surface area (Å²) in [5.74, 6) is 0.514. The SMILES string of the molecule is CCn1cc(C(=O)N2CCC(Oc3cccnc3)CC2)c(=O)c2ccc(C)nc21. The summed E-state index contributed by atoms with van der Waals surface area (Å²) in [4.78, 5) is 36.4. The van der Waals surface area contributed by atoms with Gasteiger partial charge in [0, 0.05) is 50.6 Å². The highest BCUT2D eigenvalue weighted by Crippen LogP contribution is 2.20. The molecule has 7 heteroatoms. The number of hydrogen-bond donors (Lipinski definition) is 0. The fourth-order valence-corrected chi connectivity index (χ4v) is 3.71. The van der Waals surface area contributed by atoms with Crippen molar-refractivity contribution in [2.45, 2.75) is 39.3 Å². The summed E-state index contributed by atoms with van der Waals surface area (Å²) < 4.78 is 7.81. The third-order valence-corrected chi connectivity index (χ3v) is 5.30. The van der Waals surface area contributed by atoms with Gasteiger partial charge in [-0.2, -0.15) is 0 Å². The van der Waals surface area contributed by atoms with Crippen LogP contribution >= 0.6 is 0 Å². The van der Waals surface area contributed by atoms with E-state index in [1.54, 1.807) is 35.6 Å². The van der Waals surface area contributed by atoms with Crippen LogP contribution in [0.15, 0.2) is 47.7 Å². The van der Waals surface area contributed by atoms with Crippen molar-refractivity contribution in [1.29, 1.82) is 0 Å². The van der Waals surface area contributed by atoms with E-state index < -0.39 is 0 Å². The van der Waals surface area contributed by atoms with Gasteiger partial charge in [-0.05, 0) is 38.1 Å². The second kappa shape index (κ2) is 8.03. The Kier molecular flexibility index (Phi) is 5.29. The number of likely N-dealkylation sites (tertiary alicyclic amines) is 1. The van der Waals surface area contributed by atoms with Crippen molar-refractivity contribution in [3.05, 3.63) is 64.3 Å². The van der Waals surface area contributed by atoms with E-state index in [0.29, 0.717) is 30.7 Å². The molecule has 4 rings (SSSR count). The van der Waals surface area contributed by atoms with Crippen molar-refractivity contribution in [3.8, 4) is 5.75 Å². The first-order valence-electron chi connectivity index (χ1n) is 9.93. The number of carbonyl (C=O) groups is 1. The van der Waals surface area contributed by atoms with E-state index in [1.807, 2.05) is 30.5 Å². The van der Waals surface area contributed by atoms with Gasteiger partial charge >= 0.3 is 0 Å². The zero-order valence-corrected chi connectivity index (χ0v) is 16.7. The van der Waals surface area contributed by atoms with E-state index in [4.69, 9.17) is 4.74 Å². The van der Waals surface area contributed by atoms with Gasteiger partial charge in [-0.25, -0.2) is 4.98 Å². The Balaban J connectivity index is 1.53. The van der Waals surface area contributed by atoms with Gasteiger partial charge in [0.2, 0.25) is 5.43 Å². The molecule has 4 heterocycles. The number of piperidine rings is 1. The van der Waals surface area contributed by atoms with Crippen molar-refractivity contribution < 1.29 is 9.53 Å². The predicted octanol–water partition coefficient (Wildman–Crippen LogP) is 2.80. The number of hydrogen-bond acceptors (Lipinski definition) is 5. The largest absolute Gasteiger partial charge is 0.489 e. The van der Waals surface area contributed by atoms with Crippen molar-refractivity contribution >= 4 is 16.9 Å². The highest BCUT2D eigenvalue weighted by Gasteiger charge is 2.27. The Labute approximate surface area is 169 Å². The minimum Gasteiger partial charge on any atom is -0.489 e. The lowest BCUT2D eigenvalue weighted by molar-refractivity contribution is 0.0593. The van der Waals surface area contributed by atoms with Gasteiger partial charge in [0.05, 0.1) is 11.6 Å². The lowest BCUT2D eigenvalue weighted by atomic mass is 10.1. The van der Waals surface area contributed by atoms with Crippen molar-refractivity contribution in [1.82, 2.24) is 19.4 Å². The van der Waals surface area contributed by atoms with Gasteiger partial charge in [-0.3, -0.25) is 14.6 Å². The molecule has 7 nitrogen and oxygen atoms in total. The monoisotopic (exact) mass is 392 g/mol. The van der Waals surface area contributed by atoms with Crippen LogP contribution in [0.3, 0.4) is 0 Å². The zero-order chi connectivity index (χ0) is 20.4. The van der Waals surface area contributed by atoms with Crippen LogP contribution < -0.4 is 10.2 Å². The Bertz CT molecular complexity index is 1090. The number of ether oxygens (including phenoxy) is 1. The van der Waals surface area contributed by atoms with Crippen molar-refractivity contribution in [2.24, 2.45) is 0 Å². The van der Waals surface area contributed by atoms with Crippen LogP contribution in [0.2, 0.25) is 0 Å². The highest BCUT2D eigenvalue weighted by atomic mass is 16.5.